The number of carbonyl (C=O) groups excluding carboxylic acids is 2. The smallest absolute Gasteiger partial charge is 0.318 e. The molecule has 41 heavy (non-hydrogen) atoms. The number of benzene rings is 1. The third-order valence-electron chi connectivity index (χ3n) is 7.71. The molecule has 0 bridgehead atoms. The number of likely N-dealkylation sites (tertiary alicyclic amines) is 1. The minimum atomic E-state index is -0.280. The molecule has 12 heteroatoms. The monoisotopic (exact) mass is 555 g/mol. The molecule has 3 aromatic heterocycles. The summed E-state index contributed by atoms with van der Waals surface area (Å²) in [5.41, 5.74) is 3.69. The molecule has 0 spiro atoms. The normalized spacial score (nSPS) is 16.1. The largest absolute Gasteiger partial charge is 0.378 e. The number of nitrogens with zero attached hydrogens (tertiary/aromatic N) is 7. The molecule has 2 saturated heterocycles. The first-order valence-electron chi connectivity index (χ1n) is 13.9. The second kappa shape index (κ2) is 11.5. The van der Waals surface area contributed by atoms with E-state index in [1.54, 1.807) is 19.3 Å². The number of anilines is 2. The lowest BCUT2D eigenvalue weighted by molar-refractivity contribution is 0.0690. The number of ether oxygens (including phenoxy) is 1. The van der Waals surface area contributed by atoms with Gasteiger partial charge in [-0.1, -0.05) is 0 Å². The summed E-state index contributed by atoms with van der Waals surface area (Å²) in [6.45, 7) is 5.88. The molecule has 12 nitrogen and oxygen atoms in total. The highest BCUT2D eigenvalue weighted by Crippen LogP contribution is 2.32. The van der Waals surface area contributed by atoms with E-state index in [0.29, 0.717) is 43.4 Å². The fourth-order valence-electron chi connectivity index (χ4n) is 5.41. The Morgan fingerprint density at radius 1 is 1.00 bits per heavy atom. The molecule has 6 rings (SSSR count). The molecule has 0 unspecified atom stereocenters. The third-order valence-corrected chi connectivity index (χ3v) is 7.71. The zero-order valence-corrected chi connectivity index (χ0v) is 23.2. The van der Waals surface area contributed by atoms with Crippen molar-refractivity contribution in [1.29, 1.82) is 0 Å². The maximum atomic E-state index is 13.1. The number of carbonyl (C=O) groups is 2. The number of pyridine rings is 1. The Kier molecular flexibility index (Phi) is 7.47. The molecule has 0 saturated carbocycles. The summed E-state index contributed by atoms with van der Waals surface area (Å²) in [7, 11) is 1.58. The van der Waals surface area contributed by atoms with E-state index < -0.39 is 0 Å². The lowest BCUT2D eigenvalue weighted by atomic mass is 10.0. The van der Waals surface area contributed by atoms with Gasteiger partial charge in [-0.3, -0.25) is 9.78 Å². The van der Waals surface area contributed by atoms with Crippen molar-refractivity contribution in [1.82, 2.24) is 34.9 Å². The number of hydrogen-bond acceptors (Lipinski definition) is 8. The van der Waals surface area contributed by atoms with Gasteiger partial charge in [-0.05, 0) is 56.2 Å². The minimum Gasteiger partial charge on any atom is -0.378 e. The van der Waals surface area contributed by atoms with Crippen molar-refractivity contribution < 1.29 is 14.3 Å². The van der Waals surface area contributed by atoms with Gasteiger partial charge in [0.25, 0.3) is 5.91 Å². The maximum Gasteiger partial charge on any atom is 0.318 e. The summed E-state index contributed by atoms with van der Waals surface area (Å²) >= 11 is 0. The van der Waals surface area contributed by atoms with Crippen molar-refractivity contribution in [3.8, 4) is 11.4 Å². The number of aromatic nitrogens is 5. The number of aryl methyl sites for hydroxylation is 1. The second-order valence-corrected chi connectivity index (χ2v) is 10.2. The van der Waals surface area contributed by atoms with E-state index in [2.05, 4.69) is 20.5 Å². The molecule has 212 valence electrons. The Bertz CT molecular complexity index is 1560. The second-order valence-electron chi connectivity index (χ2n) is 10.2. The standard InChI is InChI=1S/C29H33N9O3/c1-19-23(4-3-11-31-19)28(39)37-12-9-22(10-13-37)38-27-24(18-32-38)26(36-14-16-41-17-15-36)34-25(35-27)20-5-7-21(8-6-20)33-29(40)30-2/h3-8,11,18,22H,9-10,12-17H2,1-2H3,(H2,30,33,40). The van der Waals surface area contributed by atoms with Gasteiger partial charge in [-0.2, -0.15) is 5.10 Å². The van der Waals surface area contributed by atoms with Crippen LogP contribution in [0.25, 0.3) is 22.4 Å². The van der Waals surface area contributed by atoms with Crippen molar-refractivity contribution in [2.24, 2.45) is 0 Å². The molecule has 0 radical (unpaired) electrons. The number of morpholine rings is 1. The average Bonchev–Trinajstić information content (AvgIpc) is 3.45. The van der Waals surface area contributed by atoms with E-state index in [9.17, 15) is 9.59 Å². The van der Waals surface area contributed by atoms with Crippen LogP contribution >= 0.6 is 0 Å². The molecule has 3 amide bonds. The Morgan fingerprint density at radius 2 is 1.76 bits per heavy atom. The average molecular weight is 556 g/mol. The van der Waals surface area contributed by atoms with Crippen molar-refractivity contribution in [3.63, 3.8) is 0 Å². The van der Waals surface area contributed by atoms with Crippen LogP contribution in [0.3, 0.4) is 0 Å². The highest BCUT2D eigenvalue weighted by molar-refractivity contribution is 5.95. The van der Waals surface area contributed by atoms with Crippen LogP contribution in [0, 0.1) is 6.92 Å². The lowest BCUT2D eigenvalue weighted by Gasteiger charge is -2.32. The van der Waals surface area contributed by atoms with Crippen LogP contribution in [0.5, 0.6) is 0 Å². The third kappa shape index (κ3) is 5.42. The molecule has 0 atom stereocenters. The topological polar surface area (TPSA) is 130 Å². The lowest BCUT2D eigenvalue weighted by Crippen LogP contribution is -2.39. The zero-order chi connectivity index (χ0) is 28.3. The molecular formula is C29H33N9O3. The molecule has 1 aromatic carbocycles. The van der Waals surface area contributed by atoms with Crippen molar-refractivity contribution in [3.05, 3.63) is 60.0 Å². The van der Waals surface area contributed by atoms with Gasteiger partial charge < -0.3 is 25.2 Å². The SMILES string of the molecule is CNC(=O)Nc1ccc(-c2nc(N3CCOCC3)c3cnn(C4CCN(C(=O)c5cccnc5C)CC4)c3n2)cc1. The van der Waals surface area contributed by atoms with E-state index in [-0.39, 0.29) is 18.0 Å². The molecule has 2 fully saturated rings. The summed E-state index contributed by atoms with van der Waals surface area (Å²) in [4.78, 5) is 43.2. The van der Waals surface area contributed by atoms with Gasteiger partial charge in [0.05, 0.1) is 36.4 Å². The van der Waals surface area contributed by atoms with Crippen LogP contribution in [0.1, 0.15) is 34.9 Å². The minimum absolute atomic E-state index is 0.0212. The van der Waals surface area contributed by atoms with Gasteiger partial charge >= 0.3 is 6.03 Å². The first-order valence-corrected chi connectivity index (χ1v) is 13.9. The van der Waals surface area contributed by atoms with E-state index in [4.69, 9.17) is 19.8 Å². The Balaban J connectivity index is 1.30. The highest BCUT2D eigenvalue weighted by Gasteiger charge is 2.29. The number of piperidine rings is 1. The molecule has 2 aliphatic rings. The Morgan fingerprint density at radius 3 is 2.46 bits per heavy atom. The van der Waals surface area contributed by atoms with Crippen LogP contribution in [0.15, 0.2) is 48.8 Å². The van der Waals surface area contributed by atoms with Gasteiger partial charge in [0, 0.05) is 56.4 Å². The van der Waals surface area contributed by atoms with E-state index >= 15 is 0 Å². The first kappa shape index (κ1) is 26.6. The van der Waals surface area contributed by atoms with Crippen molar-refractivity contribution >= 4 is 34.5 Å². The fourth-order valence-corrected chi connectivity index (χ4v) is 5.41. The number of amides is 3. The summed E-state index contributed by atoms with van der Waals surface area (Å²) in [5.74, 6) is 1.45. The van der Waals surface area contributed by atoms with E-state index in [0.717, 1.165) is 54.0 Å². The van der Waals surface area contributed by atoms with Gasteiger partial charge in [0.15, 0.2) is 11.5 Å². The van der Waals surface area contributed by atoms with Crippen LogP contribution in [0.4, 0.5) is 16.3 Å². The fraction of sp³-hybridized carbons (Fsp3) is 0.379. The Labute approximate surface area is 237 Å². The maximum absolute atomic E-state index is 13.1. The number of hydrogen-bond donors (Lipinski definition) is 2. The van der Waals surface area contributed by atoms with Gasteiger partial charge in [-0.25, -0.2) is 19.4 Å². The quantitative estimate of drug-likeness (QED) is 0.384. The predicted molar refractivity (Wildman–Crippen MR) is 155 cm³/mol. The molecule has 2 N–H and O–H groups in total. The van der Waals surface area contributed by atoms with Gasteiger partial charge in [-0.15, -0.1) is 0 Å². The number of rotatable bonds is 5. The molecule has 2 aliphatic heterocycles. The van der Waals surface area contributed by atoms with Crippen LogP contribution in [-0.2, 0) is 4.74 Å². The highest BCUT2D eigenvalue weighted by atomic mass is 16.5. The van der Waals surface area contributed by atoms with Crippen LogP contribution in [0.2, 0.25) is 0 Å². The van der Waals surface area contributed by atoms with E-state index in [1.807, 2.05) is 53.0 Å². The van der Waals surface area contributed by atoms with E-state index in [1.165, 1.54) is 0 Å². The number of fused-ring (bicyclic) bond motifs is 1. The van der Waals surface area contributed by atoms with Crippen molar-refractivity contribution in [2.45, 2.75) is 25.8 Å². The van der Waals surface area contributed by atoms with Crippen LogP contribution < -0.4 is 15.5 Å². The summed E-state index contributed by atoms with van der Waals surface area (Å²) in [5, 5.41) is 11.0. The summed E-state index contributed by atoms with van der Waals surface area (Å²) in [6.07, 6.45) is 5.11. The molecular weight excluding hydrogens is 522 g/mol. The number of nitrogens with one attached hydrogen (secondary N) is 2. The first-order chi connectivity index (χ1) is 20.0. The zero-order valence-electron chi connectivity index (χ0n) is 23.2. The summed E-state index contributed by atoms with van der Waals surface area (Å²) in [6, 6.07) is 10.9. The predicted octanol–water partition coefficient (Wildman–Crippen LogP) is 3.26. The summed E-state index contributed by atoms with van der Waals surface area (Å²) < 4.78 is 7.59. The molecule has 4 aromatic rings. The molecule has 5 heterocycles. The molecule has 0 aliphatic carbocycles. The van der Waals surface area contributed by atoms with Crippen molar-refractivity contribution in [2.75, 3.05) is 56.7 Å². The van der Waals surface area contributed by atoms with Gasteiger partial charge in [0.2, 0.25) is 0 Å². The number of urea groups is 1. The van der Waals surface area contributed by atoms with Gasteiger partial charge in [0.1, 0.15) is 5.82 Å². The Hall–Kier alpha value is -4.58. The van der Waals surface area contributed by atoms with Crippen LogP contribution in [-0.4, -0.2) is 88.0 Å².